The quantitative estimate of drug-likeness (QED) is 0.166. The van der Waals surface area contributed by atoms with Gasteiger partial charge in [0, 0.05) is 16.5 Å². The zero-order valence-electron chi connectivity index (χ0n) is 29.9. The van der Waals surface area contributed by atoms with E-state index in [1.165, 1.54) is 77.6 Å². The van der Waals surface area contributed by atoms with Gasteiger partial charge in [-0.2, -0.15) is 0 Å². The Bertz CT molecular complexity index is 2680. The molecule has 0 saturated carbocycles. The Morgan fingerprint density at radius 2 is 1.17 bits per heavy atom. The van der Waals surface area contributed by atoms with E-state index in [2.05, 4.69) is 193 Å². The second-order valence-electron chi connectivity index (χ2n) is 14.7. The van der Waals surface area contributed by atoms with Crippen molar-refractivity contribution in [1.82, 2.24) is 4.57 Å². The van der Waals surface area contributed by atoms with Gasteiger partial charge >= 0.3 is 0 Å². The average molecular weight is 681 g/mol. The number of fused-ring (bicyclic) bond motifs is 6. The summed E-state index contributed by atoms with van der Waals surface area (Å²) in [5.74, 6) is 0.664. The summed E-state index contributed by atoms with van der Waals surface area (Å²) in [6.07, 6.45) is 4.24. The highest BCUT2D eigenvalue weighted by Gasteiger charge is 2.35. The minimum absolute atomic E-state index is 0.158. The van der Waals surface area contributed by atoms with Gasteiger partial charge in [0.25, 0.3) is 0 Å². The molecule has 0 bridgehead atoms. The largest absolute Gasteiger partial charge is 0.309 e. The Morgan fingerprint density at radius 3 is 1.98 bits per heavy atom. The predicted molar refractivity (Wildman–Crippen MR) is 223 cm³/mol. The molecule has 10 rings (SSSR count). The van der Waals surface area contributed by atoms with Gasteiger partial charge in [-0.1, -0.05) is 159 Å². The van der Waals surface area contributed by atoms with Crippen LogP contribution in [0.1, 0.15) is 41.5 Å². The van der Waals surface area contributed by atoms with E-state index in [0.29, 0.717) is 11.8 Å². The number of allylic oxidation sites excluding steroid dienone is 1. The first-order valence-electron chi connectivity index (χ1n) is 18.9. The monoisotopic (exact) mass is 680 g/mol. The minimum atomic E-state index is 0.158. The Morgan fingerprint density at radius 1 is 0.547 bits per heavy atom. The van der Waals surface area contributed by atoms with Crippen molar-refractivity contribution in [3.63, 3.8) is 0 Å². The van der Waals surface area contributed by atoms with Gasteiger partial charge in [-0.3, -0.25) is 4.99 Å². The van der Waals surface area contributed by atoms with E-state index in [4.69, 9.17) is 4.99 Å². The maximum absolute atomic E-state index is 5.53. The van der Waals surface area contributed by atoms with Crippen LogP contribution in [0, 0.1) is 5.92 Å². The van der Waals surface area contributed by atoms with Gasteiger partial charge in [0.05, 0.1) is 22.8 Å². The third-order valence-electron chi connectivity index (χ3n) is 11.7. The summed E-state index contributed by atoms with van der Waals surface area (Å²) in [4.78, 5) is 5.53. The lowest BCUT2D eigenvalue weighted by Crippen LogP contribution is -2.29. The molecule has 2 aliphatic rings. The summed E-state index contributed by atoms with van der Waals surface area (Å²) in [5, 5.41) is 2.58. The molecule has 3 unspecified atom stereocenters. The van der Waals surface area contributed by atoms with E-state index in [9.17, 15) is 0 Å². The minimum Gasteiger partial charge on any atom is -0.309 e. The van der Waals surface area contributed by atoms with E-state index in [1.807, 2.05) is 0 Å². The molecule has 0 spiro atoms. The summed E-state index contributed by atoms with van der Waals surface area (Å²) in [7, 11) is 0. The van der Waals surface area contributed by atoms with Crippen LogP contribution in [0.15, 0.2) is 187 Å². The summed E-state index contributed by atoms with van der Waals surface area (Å²) >= 11 is 0. The molecule has 8 aromatic rings. The summed E-state index contributed by atoms with van der Waals surface area (Å²) in [6.45, 7) is 2.44. The number of hydrogen-bond donors (Lipinski definition) is 0. The first-order chi connectivity index (χ1) is 26.2. The number of aromatic nitrogens is 1. The van der Waals surface area contributed by atoms with Crippen LogP contribution in [0.2, 0.25) is 0 Å². The molecule has 0 amide bonds. The topological polar surface area (TPSA) is 17.3 Å². The van der Waals surface area contributed by atoms with Crippen LogP contribution in [0.5, 0.6) is 0 Å². The van der Waals surface area contributed by atoms with Crippen molar-refractivity contribution in [3.8, 4) is 27.9 Å². The predicted octanol–water partition coefficient (Wildman–Crippen LogP) is 12.7. The van der Waals surface area contributed by atoms with Crippen LogP contribution in [-0.2, 0) is 6.42 Å². The second kappa shape index (κ2) is 13.1. The van der Waals surface area contributed by atoms with E-state index in [-0.39, 0.29) is 6.04 Å². The normalized spacial score (nSPS) is 17.2. The van der Waals surface area contributed by atoms with Crippen LogP contribution in [0.4, 0.5) is 0 Å². The van der Waals surface area contributed by atoms with E-state index in [0.717, 1.165) is 18.6 Å². The molecule has 0 N–H and O–H groups in total. The summed E-state index contributed by atoms with van der Waals surface area (Å²) in [6, 6.07) is 64.4. The molecule has 2 heterocycles. The van der Waals surface area contributed by atoms with Crippen molar-refractivity contribution in [2.24, 2.45) is 10.9 Å². The average Bonchev–Trinajstić information content (AvgIpc) is 3.58. The molecule has 7 aromatic carbocycles. The molecule has 53 heavy (non-hydrogen) atoms. The van der Waals surface area contributed by atoms with E-state index < -0.39 is 0 Å². The Labute approximate surface area is 311 Å². The number of aliphatic imine (C=N–C) groups is 1. The number of rotatable bonds is 6. The van der Waals surface area contributed by atoms with Gasteiger partial charge in [0.15, 0.2) is 0 Å². The van der Waals surface area contributed by atoms with Crippen molar-refractivity contribution in [1.29, 1.82) is 0 Å². The smallest absolute Gasteiger partial charge is 0.0653 e. The van der Waals surface area contributed by atoms with Crippen LogP contribution in [0.3, 0.4) is 0 Å². The lowest BCUT2D eigenvalue weighted by molar-refractivity contribution is 0.378. The number of hydrogen-bond acceptors (Lipinski definition) is 1. The van der Waals surface area contributed by atoms with Crippen LogP contribution >= 0.6 is 0 Å². The Balaban J connectivity index is 1.09. The molecular weight excluding hydrogens is 641 g/mol. The van der Waals surface area contributed by atoms with Crippen LogP contribution in [0.25, 0.3) is 55.3 Å². The van der Waals surface area contributed by atoms with Crippen molar-refractivity contribution < 1.29 is 0 Å². The molecule has 1 aliphatic carbocycles. The van der Waals surface area contributed by atoms with Gasteiger partial charge in [0.1, 0.15) is 0 Å². The zero-order valence-corrected chi connectivity index (χ0v) is 29.9. The highest BCUT2D eigenvalue weighted by Crippen LogP contribution is 2.50. The van der Waals surface area contributed by atoms with Crippen molar-refractivity contribution in [2.75, 3.05) is 0 Å². The molecule has 2 heteroatoms. The molecule has 0 saturated heterocycles. The SMILES string of the molecule is CC(C1CC(c2ccccc2)=CC(c2ccccc2)=N1)C1Cc2cccc(-c3cccc4c3c3ccccc3n4-c3ccccc3)c2-c2ccccc21. The fourth-order valence-corrected chi connectivity index (χ4v) is 9.18. The van der Waals surface area contributed by atoms with Crippen LogP contribution < -0.4 is 0 Å². The number of nitrogens with zero attached hydrogens (tertiary/aromatic N) is 2. The molecule has 0 radical (unpaired) electrons. The van der Waals surface area contributed by atoms with Gasteiger partial charge in [-0.15, -0.1) is 0 Å². The number of para-hydroxylation sites is 2. The highest BCUT2D eigenvalue weighted by atomic mass is 15.0. The maximum Gasteiger partial charge on any atom is 0.0653 e. The van der Waals surface area contributed by atoms with Crippen molar-refractivity contribution in [3.05, 3.63) is 204 Å². The number of benzene rings is 7. The van der Waals surface area contributed by atoms with Gasteiger partial charge in [-0.25, -0.2) is 0 Å². The molecule has 3 atom stereocenters. The lowest BCUT2D eigenvalue weighted by atomic mass is 9.69. The first kappa shape index (κ1) is 31.5. The fraction of sp³-hybridized carbons (Fsp3) is 0.118. The highest BCUT2D eigenvalue weighted by molar-refractivity contribution is 6.17. The molecular formula is C51H40N2. The van der Waals surface area contributed by atoms with Crippen molar-refractivity contribution >= 4 is 33.1 Å². The van der Waals surface area contributed by atoms with Crippen LogP contribution in [-0.4, -0.2) is 16.3 Å². The summed E-state index contributed by atoms with van der Waals surface area (Å²) in [5.41, 5.74) is 16.7. The lowest BCUT2D eigenvalue weighted by Gasteiger charge is -2.37. The van der Waals surface area contributed by atoms with E-state index >= 15 is 0 Å². The Kier molecular flexibility index (Phi) is 7.76. The Hall–Kier alpha value is -6.25. The third-order valence-corrected chi connectivity index (χ3v) is 11.7. The molecule has 2 nitrogen and oxygen atoms in total. The second-order valence-corrected chi connectivity index (χ2v) is 14.7. The zero-order chi connectivity index (χ0) is 35.3. The van der Waals surface area contributed by atoms with E-state index in [1.54, 1.807) is 0 Å². The molecule has 1 aliphatic heterocycles. The standard InChI is InChI=1S/C51H40N2/c1-34(46-32-38(35-17-5-2-6-18-35)33-47(52-46)36-19-7-3-8-20-36)45-31-37-21-15-27-42(50(37)41-25-12-11-24-40(41)45)43-28-16-30-49-51(43)44-26-13-14-29-48(44)53(49)39-22-9-4-10-23-39/h2-30,33-34,45-46H,31-32H2,1H3. The molecule has 1 aromatic heterocycles. The fourth-order valence-electron chi connectivity index (χ4n) is 9.18. The third kappa shape index (κ3) is 5.37. The van der Waals surface area contributed by atoms with Gasteiger partial charge < -0.3 is 4.57 Å². The summed E-state index contributed by atoms with van der Waals surface area (Å²) < 4.78 is 2.42. The van der Waals surface area contributed by atoms with Crippen molar-refractivity contribution in [2.45, 2.75) is 31.7 Å². The number of dihydropyridines is 1. The van der Waals surface area contributed by atoms with Gasteiger partial charge in [0.2, 0.25) is 0 Å². The van der Waals surface area contributed by atoms with Gasteiger partial charge in [-0.05, 0) is 105 Å². The molecule has 0 fully saturated rings. The first-order valence-corrected chi connectivity index (χ1v) is 18.9. The maximum atomic E-state index is 5.53. The molecule has 254 valence electrons.